The Morgan fingerprint density at radius 2 is 1.71 bits per heavy atom. The van der Waals surface area contributed by atoms with Gasteiger partial charge in [-0.2, -0.15) is 26.3 Å². The van der Waals surface area contributed by atoms with E-state index in [9.17, 15) is 31.1 Å². The molecule has 0 aromatic heterocycles. The van der Waals surface area contributed by atoms with Crippen molar-refractivity contribution in [3.63, 3.8) is 0 Å². The summed E-state index contributed by atoms with van der Waals surface area (Å²) in [5.41, 5.74) is -2.94. The minimum Gasteiger partial charge on any atom is -0.466 e. The highest BCUT2D eigenvalue weighted by molar-refractivity contribution is 5.69. The molecule has 118 valence electrons. The molecule has 0 atom stereocenters. The van der Waals surface area contributed by atoms with E-state index in [4.69, 9.17) is 0 Å². The molecule has 1 aromatic rings. The lowest BCUT2D eigenvalue weighted by Crippen LogP contribution is -2.14. The monoisotopic (exact) mass is 314 g/mol. The predicted molar refractivity (Wildman–Crippen MR) is 61.4 cm³/mol. The maximum absolute atomic E-state index is 12.8. The Morgan fingerprint density at radius 1 is 1.10 bits per heavy atom. The van der Waals surface area contributed by atoms with Crippen molar-refractivity contribution in [2.75, 3.05) is 6.61 Å². The number of benzene rings is 1. The molecule has 0 saturated carbocycles. The first-order chi connectivity index (χ1) is 9.55. The summed E-state index contributed by atoms with van der Waals surface area (Å²) in [5, 5.41) is 0. The molecule has 0 aliphatic carbocycles. The molecule has 0 bridgehead atoms. The summed E-state index contributed by atoms with van der Waals surface area (Å²) in [4.78, 5) is 11.1. The predicted octanol–water partition coefficient (Wildman–Crippen LogP) is 4.22. The van der Waals surface area contributed by atoms with E-state index in [0.717, 1.165) is 0 Å². The summed E-state index contributed by atoms with van der Waals surface area (Å²) in [6.07, 6.45) is -10.4. The van der Waals surface area contributed by atoms with Gasteiger partial charge in [-0.1, -0.05) is 0 Å². The van der Waals surface area contributed by atoms with Crippen molar-refractivity contribution in [3.8, 4) is 0 Å². The minimum atomic E-state index is -4.78. The second kappa shape index (κ2) is 6.36. The number of rotatable bonds is 4. The lowest BCUT2D eigenvalue weighted by atomic mass is 9.99. The Balaban J connectivity index is 3.09. The molecule has 0 amide bonds. The van der Waals surface area contributed by atoms with E-state index >= 15 is 0 Å². The van der Waals surface area contributed by atoms with E-state index in [1.54, 1.807) is 0 Å². The van der Waals surface area contributed by atoms with Gasteiger partial charge in [-0.05, 0) is 37.1 Å². The molecule has 0 spiro atoms. The molecular formula is C13H12F6O2. The van der Waals surface area contributed by atoms with E-state index in [1.165, 1.54) is 6.92 Å². The normalized spacial score (nSPS) is 12.3. The van der Waals surface area contributed by atoms with Crippen LogP contribution in [0.15, 0.2) is 18.2 Å². The first kappa shape index (κ1) is 17.3. The van der Waals surface area contributed by atoms with Crippen molar-refractivity contribution in [1.82, 2.24) is 0 Å². The van der Waals surface area contributed by atoms with Crippen molar-refractivity contribution in [3.05, 3.63) is 34.9 Å². The summed E-state index contributed by atoms with van der Waals surface area (Å²) in [6.45, 7) is 1.57. The summed E-state index contributed by atoms with van der Waals surface area (Å²) in [7, 11) is 0. The molecule has 2 nitrogen and oxygen atoms in total. The van der Waals surface area contributed by atoms with Crippen molar-refractivity contribution < 1.29 is 35.9 Å². The van der Waals surface area contributed by atoms with Gasteiger partial charge in [0.1, 0.15) is 0 Å². The van der Waals surface area contributed by atoms with Crippen molar-refractivity contribution in [2.24, 2.45) is 0 Å². The fourth-order valence-corrected chi connectivity index (χ4v) is 1.72. The van der Waals surface area contributed by atoms with Gasteiger partial charge in [0, 0.05) is 6.42 Å². The fraction of sp³-hybridized carbons (Fsp3) is 0.462. The average Bonchev–Trinajstić information content (AvgIpc) is 2.34. The maximum Gasteiger partial charge on any atom is 0.416 e. The Bertz CT molecular complexity index is 504. The first-order valence-corrected chi connectivity index (χ1v) is 5.98. The van der Waals surface area contributed by atoms with Crippen LogP contribution in [0, 0.1) is 0 Å². The molecule has 0 aliphatic rings. The second-order valence-electron chi connectivity index (χ2n) is 4.17. The van der Waals surface area contributed by atoms with Gasteiger partial charge in [-0.25, -0.2) is 0 Å². The number of halogens is 6. The number of ether oxygens (including phenoxy) is 1. The third-order valence-corrected chi connectivity index (χ3v) is 2.64. The van der Waals surface area contributed by atoms with Crippen LogP contribution in [0.1, 0.15) is 30.0 Å². The van der Waals surface area contributed by atoms with Crippen LogP contribution in [-0.4, -0.2) is 12.6 Å². The maximum atomic E-state index is 12.8. The lowest BCUT2D eigenvalue weighted by Gasteiger charge is -2.15. The smallest absolute Gasteiger partial charge is 0.416 e. The molecule has 1 aromatic carbocycles. The highest BCUT2D eigenvalue weighted by Gasteiger charge is 2.36. The molecule has 8 heteroatoms. The Hall–Kier alpha value is -1.73. The van der Waals surface area contributed by atoms with E-state index < -0.39 is 47.9 Å². The van der Waals surface area contributed by atoms with Crippen LogP contribution >= 0.6 is 0 Å². The van der Waals surface area contributed by atoms with Gasteiger partial charge in [-0.15, -0.1) is 0 Å². The molecule has 0 N–H and O–H groups in total. The summed E-state index contributed by atoms with van der Waals surface area (Å²) in [6, 6.07) is 1.17. The van der Waals surface area contributed by atoms with Gasteiger partial charge >= 0.3 is 18.3 Å². The van der Waals surface area contributed by atoms with Gasteiger partial charge in [0.2, 0.25) is 0 Å². The molecule has 0 radical (unpaired) electrons. The summed E-state index contributed by atoms with van der Waals surface area (Å²) >= 11 is 0. The summed E-state index contributed by atoms with van der Waals surface area (Å²) in [5.74, 6) is -0.761. The molecule has 0 fully saturated rings. The second-order valence-corrected chi connectivity index (χ2v) is 4.17. The van der Waals surface area contributed by atoms with Crippen LogP contribution < -0.4 is 0 Å². The molecule has 0 saturated heterocycles. The van der Waals surface area contributed by atoms with Crippen LogP contribution in [0.2, 0.25) is 0 Å². The molecule has 21 heavy (non-hydrogen) atoms. The number of alkyl halides is 6. The van der Waals surface area contributed by atoms with Crippen LogP contribution in [0.4, 0.5) is 26.3 Å². The number of carbonyl (C=O) groups excluding carboxylic acids is 1. The fourth-order valence-electron chi connectivity index (χ4n) is 1.72. The quantitative estimate of drug-likeness (QED) is 0.614. The van der Waals surface area contributed by atoms with Gasteiger partial charge in [0.15, 0.2) is 0 Å². The number of aryl methyl sites for hydroxylation is 1. The SMILES string of the molecule is CCOC(=O)CCc1cc(C(F)(F)F)ccc1C(F)(F)F. The number of hydrogen-bond donors (Lipinski definition) is 0. The van der Waals surface area contributed by atoms with E-state index in [0.29, 0.717) is 18.2 Å². The highest BCUT2D eigenvalue weighted by atomic mass is 19.4. The third kappa shape index (κ3) is 4.95. The van der Waals surface area contributed by atoms with Crippen LogP contribution in [-0.2, 0) is 28.3 Å². The number of esters is 1. The zero-order valence-electron chi connectivity index (χ0n) is 10.9. The zero-order chi connectivity index (χ0) is 16.3. The summed E-state index contributed by atoms with van der Waals surface area (Å²) < 4.78 is 80.4. The zero-order valence-corrected chi connectivity index (χ0v) is 10.9. The van der Waals surface area contributed by atoms with Crippen LogP contribution in [0.25, 0.3) is 0 Å². The minimum absolute atomic E-state index is 0.0492. The van der Waals surface area contributed by atoms with Gasteiger partial charge in [0.25, 0.3) is 0 Å². The van der Waals surface area contributed by atoms with Gasteiger partial charge in [-0.3, -0.25) is 4.79 Å². The van der Waals surface area contributed by atoms with E-state index in [1.807, 2.05) is 0 Å². The van der Waals surface area contributed by atoms with Crippen molar-refractivity contribution >= 4 is 5.97 Å². The molecule has 0 aliphatic heterocycles. The standard InChI is InChI=1S/C13H12F6O2/c1-2-21-11(20)6-3-8-7-9(12(14,15)16)4-5-10(8)13(17,18)19/h4-5,7H,2-3,6H2,1H3. The van der Waals surface area contributed by atoms with E-state index in [2.05, 4.69) is 4.74 Å². The van der Waals surface area contributed by atoms with E-state index in [-0.39, 0.29) is 6.61 Å². The van der Waals surface area contributed by atoms with Crippen LogP contribution in [0.5, 0.6) is 0 Å². The number of carbonyl (C=O) groups is 1. The Labute approximate surface area is 116 Å². The third-order valence-electron chi connectivity index (χ3n) is 2.64. The Morgan fingerprint density at radius 3 is 2.19 bits per heavy atom. The highest BCUT2D eigenvalue weighted by Crippen LogP contribution is 2.36. The molecule has 0 unspecified atom stereocenters. The van der Waals surface area contributed by atoms with Crippen molar-refractivity contribution in [2.45, 2.75) is 32.1 Å². The Kier molecular flexibility index (Phi) is 5.25. The average molecular weight is 314 g/mol. The largest absolute Gasteiger partial charge is 0.466 e. The molecular weight excluding hydrogens is 302 g/mol. The first-order valence-electron chi connectivity index (χ1n) is 5.98. The van der Waals surface area contributed by atoms with Gasteiger partial charge in [0.05, 0.1) is 17.7 Å². The van der Waals surface area contributed by atoms with Crippen LogP contribution in [0.3, 0.4) is 0 Å². The molecule has 0 heterocycles. The lowest BCUT2D eigenvalue weighted by molar-refractivity contribution is -0.144. The topological polar surface area (TPSA) is 26.3 Å². The van der Waals surface area contributed by atoms with Crippen molar-refractivity contribution in [1.29, 1.82) is 0 Å². The number of hydrogen-bond acceptors (Lipinski definition) is 2. The molecule has 1 rings (SSSR count). The van der Waals surface area contributed by atoms with Gasteiger partial charge < -0.3 is 4.74 Å².